The third kappa shape index (κ3) is 6.41. The van der Waals surface area contributed by atoms with Gasteiger partial charge in [0.2, 0.25) is 5.88 Å². The normalized spacial score (nSPS) is 15.9. The molecule has 1 saturated heterocycles. The number of carbonyl (C=O) groups excluding carboxylic acids is 2. The molecule has 2 amide bonds. The summed E-state index contributed by atoms with van der Waals surface area (Å²) < 4.78 is 16.7. The fraction of sp³-hybridized carbons (Fsp3) is 0.407. The van der Waals surface area contributed by atoms with Gasteiger partial charge in [0.1, 0.15) is 23.7 Å². The van der Waals surface area contributed by atoms with Gasteiger partial charge in [-0.3, -0.25) is 4.79 Å². The molecule has 9 nitrogen and oxygen atoms in total. The van der Waals surface area contributed by atoms with Crippen molar-refractivity contribution in [3.63, 3.8) is 0 Å². The van der Waals surface area contributed by atoms with Crippen molar-refractivity contribution in [2.45, 2.75) is 58.8 Å². The molecule has 1 atom stereocenters. The van der Waals surface area contributed by atoms with Crippen molar-refractivity contribution in [2.24, 2.45) is 0 Å². The van der Waals surface area contributed by atoms with Crippen LogP contribution in [-0.2, 0) is 11.3 Å². The second-order valence-corrected chi connectivity index (χ2v) is 9.84. The smallest absolute Gasteiger partial charge is 0.410 e. The zero-order valence-electron chi connectivity index (χ0n) is 21.1. The quantitative estimate of drug-likeness (QED) is 0.529. The number of carbonyl (C=O) groups is 2. The first-order valence-corrected chi connectivity index (χ1v) is 12.1. The zero-order chi connectivity index (χ0) is 25.7. The number of ether oxygens (including phenoxy) is 2. The summed E-state index contributed by atoms with van der Waals surface area (Å²) in [5, 5.41) is 7.16. The maximum atomic E-state index is 12.8. The molecule has 0 radical (unpaired) electrons. The predicted molar refractivity (Wildman–Crippen MR) is 134 cm³/mol. The lowest BCUT2D eigenvalue weighted by Crippen LogP contribution is -2.50. The van der Waals surface area contributed by atoms with E-state index in [0.29, 0.717) is 30.3 Å². The van der Waals surface area contributed by atoms with Crippen molar-refractivity contribution < 1.29 is 23.6 Å². The van der Waals surface area contributed by atoms with Gasteiger partial charge in [0, 0.05) is 37.0 Å². The molecule has 1 unspecified atom stereocenters. The summed E-state index contributed by atoms with van der Waals surface area (Å²) in [6, 6.07) is 12.9. The van der Waals surface area contributed by atoms with Gasteiger partial charge in [-0.25, -0.2) is 9.78 Å². The van der Waals surface area contributed by atoms with E-state index in [-0.39, 0.29) is 24.6 Å². The molecule has 190 valence electrons. The Morgan fingerprint density at radius 3 is 2.64 bits per heavy atom. The van der Waals surface area contributed by atoms with Gasteiger partial charge in [-0.1, -0.05) is 35.5 Å². The van der Waals surface area contributed by atoms with E-state index in [9.17, 15) is 9.59 Å². The number of amides is 2. The van der Waals surface area contributed by atoms with E-state index in [0.717, 1.165) is 29.7 Å². The summed E-state index contributed by atoms with van der Waals surface area (Å²) in [5.41, 5.74) is 2.39. The van der Waals surface area contributed by atoms with Crippen LogP contribution >= 0.6 is 0 Å². The Hall–Kier alpha value is -3.88. The first-order valence-electron chi connectivity index (χ1n) is 12.1. The third-order valence-electron chi connectivity index (χ3n) is 5.80. The zero-order valence-corrected chi connectivity index (χ0v) is 21.1. The third-order valence-corrected chi connectivity index (χ3v) is 5.80. The van der Waals surface area contributed by atoms with Crippen molar-refractivity contribution >= 4 is 12.0 Å². The molecule has 0 bridgehead atoms. The number of nitrogens with one attached hydrogen (secondary N) is 1. The highest BCUT2D eigenvalue weighted by Crippen LogP contribution is 2.26. The maximum absolute atomic E-state index is 12.8. The average molecular weight is 493 g/mol. The minimum absolute atomic E-state index is 0.150. The lowest BCUT2D eigenvalue weighted by molar-refractivity contribution is 0.0185. The Kier molecular flexibility index (Phi) is 7.57. The molecule has 1 aromatic carbocycles. The summed E-state index contributed by atoms with van der Waals surface area (Å²) in [5.74, 6) is 0.823. The average Bonchev–Trinajstić information content (AvgIpc) is 3.23. The number of aryl methyl sites for hydroxylation is 1. The molecule has 1 fully saturated rings. The molecular weight excluding hydrogens is 460 g/mol. The first-order chi connectivity index (χ1) is 17.2. The van der Waals surface area contributed by atoms with E-state index >= 15 is 0 Å². The van der Waals surface area contributed by atoms with Gasteiger partial charge in [0.25, 0.3) is 5.91 Å². The molecule has 36 heavy (non-hydrogen) atoms. The molecule has 4 rings (SSSR count). The molecular formula is C27H32N4O5. The molecule has 3 aromatic rings. The second kappa shape index (κ2) is 10.8. The van der Waals surface area contributed by atoms with Crippen LogP contribution in [0.4, 0.5) is 4.79 Å². The van der Waals surface area contributed by atoms with Gasteiger partial charge in [0.05, 0.1) is 11.1 Å². The van der Waals surface area contributed by atoms with Crippen LogP contribution in [0.5, 0.6) is 5.88 Å². The van der Waals surface area contributed by atoms with Crippen molar-refractivity contribution in [3.05, 3.63) is 65.5 Å². The van der Waals surface area contributed by atoms with Crippen molar-refractivity contribution in [2.75, 3.05) is 13.1 Å². The number of hydrogen-bond donors (Lipinski definition) is 1. The van der Waals surface area contributed by atoms with Crippen LogP contribution in [0.25, 0.3) is 11.3 Å². The van der Waals surface area contributed by atoms with Crippen LogP contribution in [0.2, 0.25) is 0 Å². The Morgan fingerprint density at radius 1 is 1.17 bits per heavy atom. The molecule has 3 heterocycles. The number of likely N-dealkylation sites (tertiary alicyclic amines) is 1. The Balaban J connectivity index is 1.33. The van der Waals surface area contributed by atoms with Gasteiger partial charge in [-0.15, -0.1) is 0 Å². The van der Waals surface area contributed by atoms with Crippen LogP contribution in [0.3, 0.4) is 0 Å². The standard InChI is InChI=1S/C27H32N4O5/c1-18-22(24(30-36-18)19-9-6-5-7-10-19)17-34-23-13-12-20(15-28-23)25(32)29-21-11-8-14-31(16-21)26(33)35-27(2,3)4/h5-7,9-10,12-13,15,21H,8,11,14,16-17H2,1-4H3,(H,29,32). The number of aromatic nitrogens is 2. The predicted octanol–water partition coefficient (Wildman–Crippen LogP) is 4.75. The fourth-order valence-corrected chi connectivity index (χ4v) is 3.99. The fourth-order valence-electron chi connectivity index (χ4n) is 3.99. The minimum atomic E-state index is -0.557. The van der Waals surface area contributed by atoms with E-state index in [4.69, 9.17) is 14.0 Å². The number of rotatable bonds is 6. The highest BCUT2D eigenvalue weighted by molar-refractivity contribution is 5.94. The highest BCUT2D eigenvalue weighted by Gasteiger charge is 2.28. The van der Waals surface area contributed by atoms with E-state index in [1.54, 1.807) is 17.0 Å². The van der Waals surface area contributed by atoms with E-state index in [1.807, 2.05) is 58.0 Å². The number of pyridine rings is 1. The monoisotopic (exact) mass is 492 g/mol. The topological polar surface area (TPSA) is 107 Å². The molecule has 1 N–H and O–H groups in total. The van der Waals surface area contributed by atoms with Gasteiger partial charge < -0.3 is 24.2 Å². The molecule has 0 aliphatic carbocycles. The first kappa shape index (κ1) is 25.2. The molecule has 1 aliphatic rings. The van der Waals surface area contributed by atoms with Gasteiger partial charge in [-0.2, -0.15) is 0 Å². The van der Waals surface area contributed by atoms with Crippen LogP contribution in [0.1, 0.15) is 55.3 Å². The van der Waals surface area contributed by atoms with Crippen LogP contribution < -0.4 is 10.1 Å². The molecule has 9 heteroatoms. The van der Waals surface area contributed by atoms with Crippen LogP contribution in [0.15, 0.2) is 53.2 Å². The van der Waals surface area contributed by atoms with Gasteiger partial charge in [0.15, 0.2) is 0 Å². The lowest BCUT2D eigenvalue weighted by Gasteiger charge is -2.34. The number of hydrogen-bond acceptors (Lipinski definition) is 7. The molecule has 2 aromatic heterocycles. The number of benzene rings is 1. The summed E-state index contributed by atoms with van der Waals surface area (Å²) in [6.07, 6.45) is 2.71. The summed E-state index contributed by atoms with van der Waals surface area (Å²) in [6.45, 7) is 8.62. The van der Waals surface area contributed by atoms with Crippen molar-refractivity contribution in [1.82, 2.24) is 20.4 Å². The van der Waals surface area contributed by atoms with E-state index < -0.39 is 5.60 Å². The summed E-state index contributed by atoms with van der Waals surface area (Å²) in [7, 11) is 0. The van der Waals surface area contributed by atoms with Crippen LogP contribution in [0, 0.1) is 6.92 Å². The molecule has 0 spiro atoms. The molecule has 0 saturated carbocycles. The van der Waals surface area contributed by atoms with Gasteiger partial charge in [-0.05, 0) is 46.6 Å². The maximum Gasteiger partial charge on any atom is 0.410 e. The second-order valence-electron chi connectivity index (χ2n) is 9.84. The number of piperidine rings is 1. The SMILES string of the molecule is Cc1onc(-c2ccccc2)c1COc1ccc(C(=O)NC2CCCN(C(=O)OC(C)(C)C)C2)cn1. The van der Waals surface area contributed by atoms with Gasteiger partial charge >= 0.3 is 6.09 Å². The lowest BCUT2D eigenvalue weighted by atomic mass is 10.1. The Bertz CT molecular complexity index is 1190. The van der Waals surface area contributed by atoms with Crippen molar-refractivity contribution in [3.8, 4) is 17.1 Å². The van der Waals surface area contributed by atoms with E-state index in [2.05, 4.69) is 15.5 Å². The largest absolute Gasteiger partial charge is 0.473 e. The Labute approximate surface area is 210 Å². The van der Waals surface area contributed by atoms with Crippen LogP contribution in [-0.4, -0.2) is 51.8 Å². The molecule has 1 aliphatic heterocycles. The highest BCUT2D eigenvalue weighted by atomic mass is 16.6. The van der Waals surface area contributed by atoms with Crippen molar-refractivity contribution in [1.29, 1.82) is 0 Å². The summed E-state index contributed by atoms with van der Waals surface area (Å²) in [4.78, 5) is 31.1. The number of nitrogens with zero attached hydrogens (tertiary/aromatic N) is 3. The minimum Gasteiger partial charge on any atom is -0.473 e. The summed E-state index contributed by atoms with van der Waals surface area (Å²) >= 11 is 0. The Morgan fingerprint density at radius 2 is 1.94 bits per heavy atom. The van der Waals surface area contributed by atoms with E-state index in [1.165, 1.54) is 6.20 Å².